The molecule has 4 nitrogen and oxygen atoms in total. The van der Waals surface area contributed by atoms with Crippen molar-refractivity contribution in [1.82, 2.24) is 10.3 Å². The summed E-state index contributed by atoms with van der Waals surface area (Å²) >= 11 is 0. The van der Waals surface area contributed by atoms with Crippen LogP contribution < -0.4 is 5.32 Å². The number of benzene rings is 2. The summed E-state index contributed by atoms with van der Waals surface area (Å²) in [6, 6.07) is 15.1. The van der Waals surface area contributed by atoms with E-state index in [4.69, 9.17) is 0 Å². The lowest BCUT2D eigenvalue weighted by molar-refractivity contribution is -0.139. The van der Waals surface area contributed by atoms with Crippen molar-refractivity contribution in [2.24, 2.45) is 0 Å². The molecule has 3 aromatic rings. The van der Waals surface area contributed by atoms with Crippen LogP contribution in [0.2, 0.25) is 0 Å². The SMILES string of the molecule is Cc1ccc(C(NCCc2c[nH]c3ccccc23)C(=O)O)cc1. The number of hydrogen-bond donors (Lipinski definition) is 3. The molecule has 3 N–H and O–H groups in total. The van der Waals surface area contributed by atoms with Gasteiger partial charge in [0.2, 0.25) is 0 Å². The van der Waals surface area contributed by atoms with Crippen LogP contribution in [0.1, 0.15) is 22.7 Å². The molecule has 0 aliphatic carbocycles. The molecule has 4 heteroatoms. The second-order valence-electron chi connectivity index (χ2n) is 5.75. The Labute approximate surface area is 135 Å². The van der Waals surface area contributed by atoms with Crippen molar-refractivity contribution in [2.75, 3.05) is 6.54 Å². The van der Waals surface area contributed by atoms with Crippen LogP contribution in [-0.2, 0) is 11.2 Å². The standard InChI is InChI=1S/C19H20N2O2/c1-13-6-8-14(9-7-13)18(19(22)23)20-11-10-15-12-21-17-5-3-2-4-16(15)17/h2-9,12,18,20-21H,10-11H2,1H3,(H,22,23). The van der Waals surface area contributed by atoms with E-state index in [0.717, 1.165) is 23.1 Å². The molecule has 0 spiro atoms. The fourth-order valence-electron chi connectivity index (χ4n) is 2.80. The topological polar surface area (TPSA) is 65.1 Å². The predicted octanol–water partition coefficient (Wildman–Crippen LogP) is 3.43. The molecule has 0 aliphatic heterocycles. The zero-order valence-corrected chi connectivity index (χ0v) is 13.0. The van der Waals surface area contributed by atoms with Gasteiger partial charge in [0.25, 0.3) is 0 Å². The number of para-hydroxylation sites is 1. The summed E-state index contributed by atoms with van der Waals surface area (Å²) in [5.74, 6) is -0.854. The second-order valence-corrected chi connectivity index (χ2v) is 5.75. The minimum Gasteiger partial charge on any atom is -0.480 e. The fraction of sp³-hybridized carbons (Fsp3) is 0.211. The third-order valence-corrected chi connectivity index (χ3v) is 4.08. The summed E-state index contributed by atoms with van der Waals surface area (Å²) in [5, 5.41) is 13.8. The van der Waals surface area contributed by atoms with Crippen molar-refractivity contribution in [3.05, 3.63) is 71.4 Å². The maximum absolute atomic E-state index is 11.5. The zero-order valence-electron chi connectivity index (χ0n) is 13.0. The normalized spacial score (nSPS) is 12.4. The predicted molar refractivity (Wildman–Crippen MR) is 91.6 cm³/mol. The largest absolute Gasteiger partial charge is 0.480 e. The highest BCUT2D eigenvalue weighted by Crippen LogP contribution is 2.19. The number of aryl methyl sites for hydroxylation is 1. The van der Waals surface area contributed by atoms with Gasteiger partial charge in [0.15, 0.2) is 0 Å². The molecule has 3 rings (SSSR count). The van der Waals surface area contributed by atoms with E-state index in [1.54, 1.807) is 0 Å². The number of aromatic nitrogens is 1. The number of nitrogens with one attached hydrogen (secondary N) is 2. The first-order valence-corrected chi connectivity index (χ1v) is 7.73. The van der Waals surface area contributed by atoms with Crippen molar-refractivity contribution in [3.8, 4) is 0 Å². The van der Waals surface area contributed by atoms with Gasteiger partial charge in [0, 0.05) is 23.6 Å². The van der Waals surface area contributed by atoms with Gasteiger partial charge in [-0.1, -0.05) is 48.0 Å². The van der Waals surface area contributed by atoms with E-state index < -0.39 is 12.0 Å². The zero-order chi connectivity index (χ0) is 16.2. The number of fused-ring (bicyclic) bond motifs is 1. The highest BCUT2D eigenvalue weighted by atomic mass is 16.4. The Balaban J connectivity index is 1.68. The summed E-state index contributed by atoms with van der Waals surface area (Å²) in [4.78, 5) is 14.8. The Bertz CT molecular complexity index is 806. The molecule has 118 valence electrons. The molecule has 0 aliphatic rings. The molecule has 23 heavy (non-hydrogen) atoms. The Kier molecular flexibility index (Phi) is 4.44. The average Bonchev–Trinajstić information content (AvgIpc) is 2.96. The molecule has 2 aromatic carbocycles. The number of carbonyl (C=O) groups is 1. The minimum absolute atomic E-state index is 0.604. The third-order valence-electron chi connectivity index (χ3n) is 4.08. The summed E-state index contributed by atoms with van der Waals surface area (Å²) < 4.78 is 0. The molecule has 0 saturated heterocycles. The molecule has 0 fully saturated rings. The van der Waals surface area contributed by atoms with Crippen LogP contribution in [0.25, 0.3) is 10.9 Å². The van der Waals surface area contributed by atoms with Gasteiger partial charge < -0.3 is 15.4 Å². The second kappa shape index (κ2) is 6.67. The van der Waals surface area contributed by atoms with Crippen LogP contribution in [0, 0.1) is 6.92 Å². The lowest BCUT2D eigenvalue weighted by atomic mass is 10.0. The van der Waals surface area contributed by atoms with Crippen molar-refractivity contribution < 1.29 is 9.90 Å². The Morgan fingerprint density at radius 2 is 1.91 bits per heavy atom. The quantitative estimate of drug-likeness (QED) is 0.653. The van der Waals surface area contributed by atoms with Gasteiger partial charge in [0.05, 0.1) is 0 Å². The van der Waals surface area contributed by atoms with Crippen LogP contribution in [0.3, 0.4) is 0 Å². The number of H-pyrrole nitrogens is 1. The lowest BCUT2D eigenvalue weighted by Crippen LogP contribution is -2.30. The van der Waals surface area contributed by atoms with E-state index in [2.05, 4.69) is 16.4 Å². The highest BCUT2D eigenvalue weighted by Gasteiger charge is 2.18. The van der Waals surface area contributed by atoms with Crippen LogP contribution in [0.15, 0.2) is 54.7 Å². The van der Waals surface area contributed by atoms with E-state index >= 15 is 0 Å². The van der Waals surface area contributed by atoms with Gasteiger partial charge in [-0.3, -0.25) is 4.79 Å². The summed E-state index contributed by atoms with van der Waals surface area (Å²) in [5.41, 5.74) is 4.20. The maximum atomic E-state index is 11.5. The molecule has 1 unspecified atom stereocenters. The van der Waals surface area contributed by atoms with E-state index in [9.17, 15) is 9.90 Å². The van der Waals surface area contributed by atoms with Crippen LogP contribution in [0.5, 0.6) is 0 Å². The van der Waals surface area contributed by atoms with E-state index in [-0.39, 0.29) is 0 Å². The van der Waals surface area contributed by atoms with Crippen molar-refractivity contribution >= 4 is 16.9 Å². The molecule has 0 amide bonds. The highest BCUT2D eigenvalue weighted by molar-refractivity contribution is 5.83. The Morgan fingerprint density at radius 3 is 2.65 bits per heavy atom. The van der Waals surface area contributed by atoms with Crippen molar-refractivity contribution in [3.63, 3.8) is 0 Å². The maximum Gasteiger partial charge on any atom is 0.325 e. The number of carboxylic acid groups (broad SMARTS) is 1. The molecule has 0 saturated carbocycles. The molecular weight excluding hydrogens is 288 g/mol. The van der Waals surface area contributed by atoms with Crippen molar-refractivity contribution in [2.45, 2.75) is 19.4 Å². The monoisotopic (exact) mass is 308 g/mol. The third kappa shape index (κ3) is 3.43. The molecular formula is C19H20N2O2. The van der Waals surface area contributed by atoms with Gasteiger partial charge in [-0.15, -0.1) is 0 Å². The van der Waals surface area contributed by atoms with E-state index in [1.165, 1.54) is 10.9 Å². The van der Waals surface area contributed by atoms with Gasteiger partial charge in [0.1, 0.15) is 6.04 Å². The first-order valence-electron chi connectivity index (χ1n) is 7.73. The summed E-state index contributed by atoms with van der Waals surface area (Å²) in [6.45, 7) is 2.59. The molecule has 1 atom stereocenters. The number of rotatable bonds is 6. The number of aliphatic carboxylic acids is 1. The molecule has 1 heterocycles. The molecule has 1 aromatic heterocycles. The first kappa shape index (κ1) is 15.3. The smallest absolute Gasteiger partial charge is 0.325 e. The molecule has 0 bridgehead atoms. The van der Waals surface area contributed by atoms with Gasteiger partial charge in [-0.2, -0.15) is 0 Å². The van der Waals surface area contributed by atoms with E-state index in [0.29, 0.717) is 6.54 Å². The minimum atomic E-state index is -0.854. The van der Waals surface area contributed by atoms with Crippen molar-refractivity contribution in [1.29, 1.82) is 0 Å². The van der Waals surface area contributed by atoms with Crippen LogP contribution in [-0.4, -0.2) is 22.6 Å². The average molecular weight is 308 g/mol. The first-order chi connectivity index (χ1) is 11.1. The Hall–Kier alpha value is -2.59. The van der Waals surface area contributed by atoms with Gasteiger partial charge >= 0.3 is 5.97 Å². The lowest BCUT2D eigenvalue weighted by Gasteiger charge is -2.15. The van der Waals surface area contributed by atoms with E-state index in [1.807, 2.05) is 55.6 Å². The van der Waals surface area contributed by atoms with Gasteiger partial charge in [-0.25, -0.2) is 0 Å². The number of carboxylic acids is 1. The summed E-state index contributed by atoms with van der Waals surface area (Å²) in [7, 11) is 0. The fourth-order valence-corrected chi connectivity index (χ4v) is 2.80. The molecule has 0 radical (unpaired) electrons. The number of aromatic amines is 1. The summed E-state index contributed by atoms with van der Waals surface area (Å²) in [6.07, 6.45) is 2.77. The Morgan fingerprint density at radius 1 is 1.17 bits per heavy atom. The number of hydrogen-bond acceptors (Lipinski definition) is 2. The van der Waals surface area contributed by atoms with Gasteiger partial charge in [-0.05, 0) is 30.5 Å². The van der Waals surface area contributed by atoms with Crippen LogP contribution >= 0.6 is 0 Å². The van der Waals surface area contributed by atoms with Crippen LogP contribution in [0.4, 0.5) is 0 Å².